The van der Waals surface area contributed by atoms with Crippen LogP contribution in [0.15, 0.2) is 96.3 Å². The Kier molecular flexibility index (Phi) is 5.22. The average molecular weight is 523 g/mol. The van der Waals surface area contributed by atoms with E-state index in [4.69, 9.17) is 9.97 Å². The first-order chi connectivity index (χ1) is 19.3. The van der Waals surface area contributed by atoms with Gasteiger partial charge >= 0.3 is 0 Å². The van der Waals surface area contributed by atoms with Gasteiger partial charge in [0.1, 0.15) is 5.82 Å². The van der Waals surface area contributed by atoms with Crippen LogP contribution in [0.5, 0.6) is 0 Å². The molecule has 0 bridgehead atoms. The lowest BCUT2D eigenvalue weighted by Crippen LogP contribution is -2.23. The van der Waals surface area contributed by atoms with Gasteiger partial charge in [-0.2, -0.15) is 0 Å². The number of fused-ring (bicyclic) bond motifs is 4. The highest BCUT2D eigenvalue weighted by atomic mass is 16.2. The maximum atomic E-state index is 13.4. The van der Waals surface area contributed by atoms with Crippen molar-refractivity contribution in [3.63, 3.8) is 0 Å². The molecule has 0 radical (unpaired) electrons. The molecular formula is C34H26N4O2. The lowest BCUT2D eigenvalue weighted by atomic mass is 10.0. The molecule has 0 amide bonds. The van der Waals surface area contributed by atoms with Gasteiger partial charge in [-0.05, 0) is 79.1 Å². The van der Waals surface area contributed by atoms with E-state index in [2.05, 4.69) is 37.8 Å². The summed E-state index contributed by atoms with van der Waals surface area (Å²) in [5.41, 5.74) is 7.03. The van der Waals surface area contributed by atoms with Crippen molar-refractivity contribution >= 4 is 50.7 Å². The van der Waals surface area contributed by atoms with Crippen molar-refractivity contribution in [3.8, 4) is 0 Å². The van der Waals surface area contributed by atoms with E-state index in [1.54, 1.807) is 6.08 Å². The predicted molar refractivity (Wildman–Crippen MR) is 160 cm³/mol. The largest absolute Gasteiger partial charge is 0.312 e. The molecule has 6 heteroatoms. The van der Waals surface area contributed by atoms with E-state index in [9.17, 15) is 9.59 Å². The fourth-order valence-corrected chi connectivity index (χ4v) is 5.97. The Hall–Kier alpha value is -5.10. The van der Waals surface area contributed by atoms with Crippen LogP contribution in [0.2, 0.25) is 0 Å². The molecule has 0 atom stereocenters. The SMILES string of the molecule is Cc1cc(C)c(N2/C(=C/C=C3C(=O)c4cc5ccccc5cc4C3=O)N(C)c3nc4ccccc4nc32)c(C)c1. The number of aryl methyl sites for hydroxylation is 3. The summed E-state index contributed by atoms with van der Waals surface area (Å²) in [6, 6.07) is 23.5. The van der Waals surface area contributed by atoms with E-state index in [-0.39, 0.29) is 17.1 Å². The molecule has 0 saturated carbocycles. The van der Waals surface area contributed by atoms with E-state index >= 15 is 0 Å². The van der Waals surface area contributed by atoms with Crippen LogP contribution >= 0.6 is 0 Å². The van der Waals surface area contributed by atoms with E-state index < -0.39 is 0 Å². The van der Waals surface area contributed by atoms with Gasteiger partial charge in [-0.3, -0.25) is 14.5 Å². The molecule has 1 aromatic heterocycles. The minimum atomic E-state index is -0.253. The number of para-hydroxylation sites is 2. The van der Waals surface area contributed by atoms with Gasteiger partial charge in [-0.1, -0.05) is 54.1 Å². The molecule has 0 N–H and O–H groups in total. The topological polar surface area (TPSA) is 66.4 Å². The highest BCUT2D eigenvalue weighted by Gasteiger charge is 2.36. The number of hydrogen-bond donors (Lipinski definition) is 0. The Bertz CT molecular complexity index is 1920. The maximum absolute atomic E-state index is 13.4. The number of allylic oxidation sites excluding steroid dienone is 3. The fraction of sp³-hybridized carbons (Fsp3) is 0.118. The smallest absolute Gasteiger partial charge is 0.197 e. The molecule has 2 aliphatic rings. The quantitative estimate of drug-likeness (QED) is 0.181. The maximum Gasteiger partial charge on any atom is 0.197 e. The number of aromatic nitrogens is 2. The average Bonchev–Trinajstić information content (AvgIpc) is 3.33. The molecule has 5 aromatic rings. The monoisotopic (exact) mass is 522 g/mol. The third-order valence-corrected chi connectivity index (χ3v) is 7.76. The first kappa shape index (κ1) is 24.0. The van der Waals surface area contributed by atoms with Crippen LogP contribution in [-0.4, -0.2) is 28.6 Å². The first-order valence-electron chi connectivity index (χ1n) is 13.2. The van der Waals surface area contributed by atoms with Crippen molar-refractivity contribution in [3.05, 3.63) is 124 Å². The standard InChI is InChI=1S/C34H26N4O2/c1-19-15-20(2)30(21(3)16-19)38-29(37(4)33-34(38)36-28-12-8-7-11-27(28)35-33)14-13-24-31(39)25-17-22-9-5-6-10-23(22)18-26(25)32(24)40/h5-18H,1-4H3/b29-14+. The second-order valence-electron chi connectivity index (χ2n) is 10.5. The van der Waals surface area contributed by atoms with Gasteiger partial charge in [0, 0.05) is 18.2 Å². The van der Waals surface area contributed by atoms with Gasteiger partial charge in [0.15, 0.2) is 23.2 Å². The summed E-state index contributed by atoms with van der Waals surface area (Å²) >= 11 is 0. The highest BCUT2D eigenvalue weighted by Crippen LogP contribution is 2.46. The number of carbonyl (C=O) groups is 2. The van der Waals surface area contributed by atoms with Gasteiger partial charge in [-0.25, -0.2) is 9.97 Å². The molecule has 2 heterocycles. The Labute approximate surface area is 231 Å². The molecule has 6 nitrogen and oxygen atoms in total. The number of rotatable bonds is 2. The summed E-state index contributed by atoms with van der Waals surface area (Å²) in [6.07, 6.45) is 3.49. The molecule has 7 rings (SSSR count). The van der Waals surface area contributed by atoms with Crippen LogP contribution in [-0.2, 0) is 0 Å². The molecule has 0 fully saturated rings. The second-order valence-corrected chi connectivity index (χ2v) is 10.5. The number of ketones is 2. The van der Waals surface area contributed by atoms with Gasteiger partial charge < -0.3 is 4.90 Å². The molecule has 0 unspecified atom stereocenters. The number of nitrogens with zero attached hydrogens (tertiary/aromatic N) is 4. The van der Waals surface area contributed by atoms with Crippen LogP contribution in [0, 0.1) is 20.8 Å². The van der Waals surface area contributed by atoms with Crippen molar-refractivity contribution in [1.82, 2.24) is 9.97 Å². The van der Waals surface area contributed by atoms with Gasteiger partial charge in [0.2, 0.25) is 0 Å². The van der Waals surface area contributed by atoms with Gasteiger partial charge in [-0.15, -0.1) is 0 Å². The van der Waals surface area contributed by atoms with Gasteiger partial charge in [0.05, 0.1) is 22.3 Å². The first-order valence-corrected chi connectivity index (χ1v) is 13.2. The van der Waals surface area contributed by atoms with Gasteiger partial charge in [0.25, 0.3) is 0 Å². The molecule has 1 aliphatic carbocycles. The summed E-state index contributed by atoms with van der Waals surface area (Å²) in [6.45, 7) is 6.26. The zero-order valence-electron chi connectivity index (χ0n) is 22.7. The summed E-state index contributed by atoms with van der Waals surface area (Å²) in [7, 11) is 1.94. The summed E-state index contributed by atoms with van der Waals surface area (Å²) in [5, 5.41) is 1.88. The van der Waals surface area contributed by atoms with Crippen LogP contribution < -0.4 is 9.80 Å². The Balaban J connectivity index is 1.41. The van der Waals surface area contributed by atoms with E-state index in [0.717, 1.165) is 44.4 Å². The molecule has 1 aliphatic heterocycles. The highest BCUT2D eigenvalue weighted by molar-refractivity contribution is 6.40. The minimum absolute atomic E-state index is 0.158. The zero-order chi connectivity index (χ0) is 27.7. The lowest BCUT2D eigenvalue weighted by molar-refractivity contribution is 0.0988. The number of anilines is 3. The van der Waals surface area contributed by atoms with Crippen LogP contribution in [0.1, 0.15) is 37.4 Å². The van der Waals surface area contributed by atoms with Crippen LogP contribution in [0.25, 0.3) is 21.8 Å². The molecular weight excluding hydrogens is 496 g/mol. The van der Waals surface area contributed by atoms with E-state index in [1.165, 1.54) is 5.56 Å². The van der Waals surface area contributed by atoms with Crippen LogP contribution in [0.4, 0.5) is 17.3 Å². The number of benzene rings is 4. The van der Waals surface area contributed by atoms with E-state index in [0.29, 0.717) is 22.8 Å². The van der Waals surface area contributed by atoms with Crippen molar-refractivity contribution in [2.45, 2.75) is 20.8 Å². The lowest BCUT2D eigenvalue weighted by Gasteiger charge is -2.25. The van der Waals surface area contributed by atoms with Crippen molar-refractivity contribution < 1.29 is 9.59 Å². The molecule has 194 valence electrons. The van der Waals surface area contributed by atoms with Crippen molar-refractivity contribution in [2.75, 3.05) is 16.8 Å². The Morgan fingerprint density at radius 2 is 1.20 bits per heavy atom. The predicted octanol–water partition coefficient (Wildman–Crippen LogP) is 7.14. The number of carbonyl (C=O) groups excluding carboxylic acids is 2. The van der Waals surface area contributed by atoms with Crippen molar-refractivity contribution in [2.24, 2.45) is 0 Å². The fourth-order valence-electron chi connectivity index (χ4n) is 5.97. The third kappa shape index (κ3) is 3.49. The third-order valence-electron chi connectivity index (χ3n) is 7.76. The van der Waals surface area contributed by atoms with Crippen LogP contribution in [0.3, 0.4) is 0 Å². The normalized spacial score (nSPS) is 15.5. The van der Waals surface area contributed by atoms with E-state index in [1.807, 2.05) is 78.7 Å². The molecule has 0 spiro atoms. The summed E-state index contributed by atoms with van der Waals surface area (Å²) in [5.74, 6) is 1.67. The summed E-state index contributed by atoms with van der Waals surface area (Å²) in [4.78, 5) is 40.9. The Morgan fingerprint density at radius 1 is 0.675 bits per heavy atom. The number of hydrogen-bond acceptors (Lipinski definition) is 6. The molecule has 40 heavy (non-hydrogen) atoms. The molecule has 0 saturated heterocycles. The minimum Gasteiger partial charge on any atom is -0.312 e. The summed E-state index contributed by atoms with van der Waals surface area (Å²) < 4.78 is 0. The number of Topliss-reactive ketones (excluding diaryl/α,β-unsaturated/α-hetero) is 2. The van der Waals surface area contributed by atoms with Crippen molar-refractivity contribution in [1.29, 1.82) is 0 Å². The Morgan fingerprint density at radius 3 is 1.77 bits per heavy atom. The molecule has 4 aromatic carbocycles. The zero-order valence-corrected chi connectivity index (χ0v) is 22.7. The second kappa shape index (κ2) is 8.71.